The summed E-state index contributed by atoms with van der Waals surface area (Å²) >= 11 is 0. The number of rotatable bonds is 5. The van der Waals surface area contributed by atoms with Gasteiger partial charge in [0.15, 0.2) is 5.65 Å². The van der Waals surface area contributed by atoms with Crippen LogP contribution in [0.4, 0.5) is 0 Å². The Kier molecular flexibility index (Phi) is 5.31. The van der Waals surface area contributed by atoms with E-state index in [1.54, 1.807) is 24.3 Å². The summed E-state index contributed by atoms with van der Waals surface area (Å²) in [7, 11) is 1.79. The summed E-state index contributed by atoms with van der Waals surface area (Å²) in [6, 6.07) is 15.9. The van der Waals surface area contributed by atoms with Crippen molar-refractivity contribution in [1.29, 1.82) is 0 Å². The van der Waals surface area contributed by atoms with Crippen molar-refractivity contribution in [3.8, 4) is 11.3 Å². The van der Waals surface area contributed by atoms with Gasteiger partial charge in [-0.3, -0.25) is 9.78 Å². The second-order valence-corrected chi connectivity index (χ2v) is 7.82. The first-order valence-electron chi connectivity index (χ1n) is 10.0. The molecule has 4 rings (SSSR count). The molecule has 0 saturated heterocycles. The van der Waals surface area contributed by atoms with Gasteiger partial charge in [0.25, 0.3) is 5.91 Å². The van der Waals surface area contributed by atoms with Crippen molar-refractivity contribution in [3.05, 3.63) is 77.7 Å². The van der Waals surface area contributed by atoms with Gasteiger partial charge in [-0.15, -0.1) is 0 Å². The standard InChI is InChI=1S/C24H25N5O/c1-16(2)29-23-21(14-26-29)20(13-22(27-23)18-10-8-17(3)9-11-18)24(30)28(4)15-19-7-5-6-12-25-19/h5-14,16H,15H2,1-4H3. The molecule has 0 atom stereocenters. The number of hydrogen-bond donors (Lipinski definition) is 0. The van der Waals surface area contributed by atoms with Crippen LogP contribution in [0.2, 0.25) is 0 Å². The summed E-state index contributed by atoms with van der Waals surface area (Å²) in [5.41, 5.74) is 5.08. The predicted octanol–water partition coefficient (Wildman–Crippen LogP) is 4.65. The maximum absolute atomic E-state index is 13.4. The molecule has 6 nitrogen and oxygen atoms in total. The maximum Gasteiger partial charge on any atom is 0.254 e. The lowest BCUT2D eigenvalue weighted by Gasteiger charge is -2.18. The smallest absolute Gasteiger partial charge is 0.254 e. The Morgan fingerprint density at radius 2 is 1.90 bits per heavy atom. The zero-order valence-corrected chi connectivity index (χ0v) is 17.7. The van der Waals surface area contributed by atoms with Gasteiger partial charge in [-0.05, 0) is 39.0 Å². The van der Waals surface area contributed by atoms with Crippen LogP contribution in [-0.4, -0.2) is 37.6 Å². The van der Waals surface area contributed by atoms with E-state index >= 15 is 0 Å². The maximum atomic E-state index is 13.4. The Hall–Kier alpha value is -3.54. The molecular formula is C24H25N5O. The van der Waals surface area contributed by atoms with E-state index in [-0.39, 0.29) is 11.9 Å². The fourth-order valence-electron chi connectivity index (χ4n) is 3.46. The van der Waals surface area contributed by atoms with E-state index in [0.717, 1.165) is 28.0 Å². The summed E-state index contributed by atoms with van der Waals surface area (Å²) in [5.74, 6) is -0.0790. The number of amides is 1. The number of fused-ring (bicyclic) bond motifs is 1. The Morgan fingerprint density at radius 1 is 1.13 bits per heavy atom. The van der Waals surface area contributed by atoms with Gasteiger partial charge in [0.1, 0.15) is 0 Å². The normalized spacial score (nSPS) is 11.2. The third kappa shape index (κ3) is 3.81. The highest BCUT2D eigenvalue weighted by atomic mass is 16.2. The molecule has 30 heavy (non-hydrogen) atoms. The van der Waals surface area contributed by atoms with Crippen molar-refractivity contribution in [2.45, 2.75) is 33.4 Å². The van der Waals surface area contributed by atoms with Crippen LogP contribution in [-0.2, 0) is 6.54 Å². The number of carbonyl (C=O) groups is 1. The summed E-state index contributed by atoms with van der Waals surface area (Å²) in [5, 5.41) is 5.26. The van der Waals surface area contributed by atoms with Crippen LogP contribution < -0.4 is 0 Å². The molecule has 0 aliphatic heterocycles. The molecule has 6 heteroatoms. The van der Waals surface area contributed by atoms with Crippen LogP contribution in [0.25, 0.3) is 22.3 Å². The topological polar surface area (TPSA) is 63.9 Å². The Bertz CT molecular complexity index is 1180. The van der Waals surface area contributed by atoms with Gasteiger partial charge in [0.05, 0.1) is 35.1 Å². The van der Waals surface area contributed by atoms with Crippen molar-refractivity contribution < 1.29 is 4.79 Å². The second-order valence-electron chi connectivity index (χ2n) is 7.82. The molecule has 0 N–H and O–H groups in total. The van der Waals surface area contributed by atoms with E-state index in [4.69, 9.17) is 4.98 Å². The number of hydrogen-bond acceptors (Lipinski definition) is 4. The summed E-state index contributed by atoms with van der Waals surface area (Å²) in [6.45, 7) is 6.60. The monoisotopic (exact) mass is 399 g/mol. The van der Waals surface area contributed by atoms with Gasteiger partial charge in [-0.25, -0.2) is 9.67 Å². The highest BCUT2D eigenvalue weighted by Gasteiger charge is 2.21. The van der Waals surface area contributed by atoms with Crippen molar-refractivity contribution in [3.63, 3.8) is 0 Å². The molecule has 0 fully saturated rings. The summed E-state index contributed by atoms with van der Waals surface area (Å²) in [4.78, 5) is 24.3. The van der Waals surface area contributed by atoms with E-state index in [0.29, 0.717) is 12.1 Å². The molecule has 0 radical (unpaired) electrons. The number of nitrogens with zero attached hydrogens (tertiary/aromatic N) is 5. The molecule has 0 aliphatic rings. The van der Waals surface area contributed by atoms with Crippen molar-refractivity contribution in [1.82, 2.24) is 24.6 Å². The number of aromatic nitrogens is 4. The number of carbonyl (C=O) groups excluding carboxylic acids is 1. The van der Waals surface area contributed by atoms with E-state index in [9.17, 15) is 4.79 Å². The first-order chi connectivity index (χ1) is 14.4. The molecule has 3 aromatic heterocycles. The highest BCUT2D eigenvalue weighted by molar-refractivity contribution is 6.06. The second kappa shape index (κ2) is 8.06. The Labute approximate surface area is 176 Å². The van der Waals surface area contributed by atoms with Crippen LogP contribution >= 0.6 is 0 Å². The lowest BCUT2D eigenvalue weighted by atomic mass is 10.0. The largest absolute Gasteiger partial charge is 0.336 e. The molecule has 4 aromatic rings. The molecule has 0 aliphatic carbocycles. The lowest BCUT2D eigenvalue weighted by Crippen LogP contribution is -2.27. The van der Waals surface area contributed by atoms with Crippen LogP contribution in [0.5, 0.6) is 0 Å². The Balaban J connectivity index is 1.81. The third-order valence-corrected chi connectivity index (χ3v) is 5.11. The zero-order valence-electron chi connectivity index (χ0n) is 17.7. The fourth-order valence-corrected chi connectivity index (χ4v) is 3.46. The fraction of sp³-hybridized carbons (Fsp3) is 0.250. The lowest BCUT2D eigenvalue weighted by molar-refractivity contribution is 0.0785. The van der Waals surface area contributed by atoms with Gasteiger partial charge in [-0.2, -0.15) is 5.10 Å². The molecular weight excluding hydrogens is 374 g/mol. The van der Waals surface area contributed by atoms with E-state index in [2.05, 4.69) is 43.0 Å². The minimum atomic E-state index is -0.0790. The minimum Gasteiger partial charge on any atom is -0.336 e. The van der Waals surface area contributed by atoms with E-state index < -0.39 is 0 Å². The first-order valence-corrected chi connectivity index (χ1v) is 10.0. The van der Waals surface area contributed by atoms with Gasteiger partial charge in [-0.1, -0.05) is 35.9 Å². The van der Waals surface area contributed by atoms with E-state index in [1.807, 2.05) is 41.1 Å². The molecule has 1 amide bonds. The van der Waals surface area contributed by atoms with Gasteiger partial charge >= 0.3 is 0 Å². The highest BCUT2D eigenvalue weighted by Crippen LogP contribution is 2.27. The average molecular weight is 399 g/mol. The van der Waals surface area contributed by atoms with Gasteiger partial charge in [0.2, 0.25) is 0 Å². The van der Waals surface area contributed by atoms with Gasteiger partial charge in [0, 0.05) is 24.8 Å². The van der Waals surface area contributed by atoms with Crippen molar-refractivity contribution >= 4 is 16.9 Å². The average Bonchev–Trinajstić information content (AvgIpc) is 3.18. The molecule has 3 heterocycles. The Morgan fingerprint density at radius 3 is 2.57 bits per heavy atom. The third-order valence-electron chi connectivity index (χ3n) is 5.11. The molecule has 0 unspecified atom stereocenters. The van der Waals surface area contributed by atoms with Gasteiger partial charge < -0.3 is 4.90 Å². The van der Waals surface area contributed by atoms with Crippen LogP contribution in [0, 0.1) is 6.92 Å². The number of benzene rings is 1. The van der Waals surface area contributed by atoms with Crippen LogP contribution in [0.1, 0.15) is 41.5 Å². The quantitative estimate of drug-likeness (QED) is 0.490. The van der Waals surface area contributed by atoms with Crippen LogP contribution in [0.15, 0.2) is 60.9 Å². The van der Waals surface area contributed by atoms with E-state index in [1.165, 1.54) is 5.56 Å². The minimum absolute atomic E-state index is 0.0790. The number of aryl methyl sites for hydroxylation is 1. The molecule has 0 bridgehead atoms. The molecule has 0 spiro atoms. The SMILES string of the molecule is Cc1ccc(-c2cc(C(=O)N(C)Cc3ccccn3)c3cnn(C(C)C)c3n2)cc1. The van der Waals surface area contributed by atoms with Crippen LogP contribution in [0.3, 0.4) is 0 Å². The summed E-state index contributed by atoms with van der Waals surface area (Å²) in [6.07, 6.45) is 3.48. The predicted molar refractivity (Wildman–Crippen MR) is 118 cm³/mol. The zero-order chi connectivity index (χ0) is 21.3. The van der Waals surface area contributed by atoms with Crippen molar-refractivity contribution in [2.24, 2.45) is 0 Å². The number of pyridine rings is 2. The molecule has 152 valence electrons. The molecule has 0 saturated carbocycles. The first kappa shape index (κ1) is 19.8. The summed E-state index contributed by atoms with van der Waals surface area (Å²) < 4.78 is 1.86. The van der Waals surface area contributed by atoms with Crippen molar-refractivity contribution in [2.75, 3.05) is 7.05 Å². The molecule has 1 aromatic carbocycles.